The molecule has 0 fully saturated rings. The van der Waals surface area contributed by atoms with Crippen LogP contribution in [0.25, 0.3) is 0 Å². The third-order valence-corrected chi connectivity index (χ3v) is 1.51. The molecule has 0 aliphatic carbocycles. The summed E-state index contributed by atoms with van der Waals surface area (Å²) in [6.07, 6.45) is 3.32. The lowest BCUT2D eigenvalue weighted by atomic mass is 10.3. The molecule has 0 spiro atoms. The summed E-state index contributed by atoms with van der Waals surface area (Å²) in [6, 6.07) is 0. The molecule has 3 nitrogen and oxygen atoms in total. The first-order valence-corrected chi connectivity index (χ1v) is 4.58. The summed E-state index contributed by atoms with van der Waals surface area (Å²) >= 11 is 0. The van der Waals surface area contributed by atoms with Gasteiger partial charge in [-0.2, -0.15) is 0 Å². The van der Waals surface area contributed by atoms with Gasteiger partial charge in [0.2, 0.25) is 0 Å². The van der Waals surface area contributed by atoms with Crippen LogP contribution in [0.1, 0.15) is 33.1 Å². The minimum atomic E-state index is -0.393. The Morgan fingerprint density at radius 3 is 2.62 bits per heavy atom. The van der Waals surface area contributed by atoms with E-state index < -0.39 is 5.97 Å². The van der Waals surface area contributed by atoms with Crippen molar-refractivity contribution >= 4 is 5.97 Å². The van der Waals surface area contributed by atoms with Crippen molar-refractivity contribution in [1.82, 2.24) is 0 Å². The maximum atomic E-state index is 10.8. The highest BCUT2D eigenvalue weighted by Crippen LogP contribution is 1.95. The fraction of sp³-hybridized carbons (Fsp3) is 0.700. The second kappa shape index (κ2) is 7.80. The molecule has 0 heterocycles. The van der Waals surface area contributed by atoms with Gasteiger partial charge in [0.1, 0.15) is 0 Å². The Bertz CT molecular complexity index is 164. The second-order valence-electron chi connectivity index (χ2n) is 2.95. The molecule has 13 heavy (non-hydrogen) atoms. The third-order valence-electron chi connectivity index (χ3n) is 1.51. The van der Waals surface area contributed by atoms with Crippen LogP contribution in [-0.4, -0.2) is 19.4 Å². The summed E-state index contributed by atoms with van der Waals surface area (Å²) in [5.41, 5.74) is 0.400. The van der Waals surface area contributed by atoms with Gasteiger partial charge in [0.15, 0.2) is 6.79 Å². The first-order valence-electron chi connectivity index (χ1n) is 4.58. The Morgan fingerprint density at radius 1 is 1.38 bits per heavy atom. The largest absolute Gasteiger partial charge is 0.435 e. The standard InChI is InChI=1S/C10H18O3/c1-4-5-6-7-12-8-13-10(11)9(2)3/h2,4-8H2,1,3H3. The van der Waals surface area contributed by atoms with Gasteiger partial charge in [-0.15, -0.1) is 0 Å². The van der Waals surface area contributed by atoms with Crippen molar-refractivity contribution in [2.75, 3.05) is 13.4 Å². The normalized spacial score (nSPS) is 9.69. The van der Waals surface area contributed by atoms with E-state index in [1.165, 1.54) is 0 Å². The molecular weight excluding hydrogens is 168 g/mol. The lowest BCUT2D eigenvalue weighted by Crippen LogP contribution is -2.09. The molecular formula is C10H18O3. The number of ether oxygens (including phenoxy) is 2. The summed E-state index contributed by atoms with van der Waals surface area (Å²) in [4.78, 5) is 10.8. The summed E-state index contributed by atoms with van der Waals surface area (Å²) in [7, 11) is 0. The maximum Gasteiger partial charge on any atom is 0.335 e. The molecule has 0 saturated heterocycles. The quantitative estimate of drug-likeness (QED) is 0.265. The van der Waals surface area contributed by atoms with E-state index in [2.05, 4.69) is 13.5 Å². The number of unbranched alkanes of at least 4 members (excludes halogenated alkanes) is 2. The van der Waals surface area contributed by atoms with E-state index in [-0.39, 0.29) is 6.79 Å². The molecule has 0 N–H and O–H groups in total. The Balaban J connectivity index is 3.16. The van der Waals surface area contributed by atoms with Crippen LogP contribution < -0.4 is 0 Å². The molecule has 3 heteroatoms. The predicted octanol–water partition coefficient (Wildman–Crippen LogP) is 2.27. The SMILES string of the molecule is C=C(C)C(=O)OCOCCCCC. The van der Waals surface area contributed by atoms with Crippen LogP contribution in [0, 0.1) is 0 Å². The van der Waals surface area contributed by atoms with Crippen LogP contribution in [0.15, 0.2) is 12.2 Å². The van der Waals surface area contributed by atoms with Crippen LogP contribution in [0.3, 0.4) is 0 Å². The molecule has 0 rings (SSSR count). The molecule has 0 amide bonds. The summed E-state index contributed by atoms with van der Waals surface area (Å²) in [6.45, 7) is 7.88. The molecule has 0 unspecified atom stereocenters. The molecule has 0 aromatic carbocycles. The van der Waals surface area contributed by atoms with Gasteiger partial charge in [-0.3, -0.25) is 0 Å². The van der Waals surface area contributed by atoms with Crippen molar-refractivity contribution < 1.29 is 14.3 Å². The lowest BCUT2D eigenvalue weighted by molar-refractivity contribution is -0.151. The summed E-state index contributed by atoms with van der Waals surface area (Å²) in [5, 5.41) is 0. The van der Waals surface area contributed by atoms with Gasteiger partial charge in [-0.1, -0.05) is 26.3 Å². The molecule has 0 aromatic rings. The van der Waals surface area contributed by atoms with E-state index >= 15 is 0 Å². The zero-order valence-electron chi connectivity index (χ0n) is 8.47. The van der Waals surface area contributed by atoms with Gasteiger partial charge >= 0.3 is 5.97 Å². The van der Waals surface area contributed by atoms with Crippen LogP contribution in [0.4, 0.5) is 0 Å². The number of hydrogen-bond acceptors (Lipinski definition) is 3. The third kappa shape index (κ3) is 7.53. The number of carbonyl (C=O) groups excluding carboxylic acids is 1. The highest BCUT2D eigenvalue weighted by Gasteiger charge is 2.01. The Kier molecular flexibility index (Phi) is 7.30. The molecule has 0 aliphatic heterocycles. The van der Waals surface area contributed by atoms with Crippen molar-refractivity contribution in [3.05, 3.63) is 12.2 Å². The molecule has 0 atom stereocenters. The van der Waals surface area contributed by atoms with Crippen molar-refractivity contribution in [3.63, 3.8) is 0 Å². The van der Waals surface area contributed by atoms with E-state index in [1.807, 2.05) is 0 Å². The van der Waals surface area contributed by atoms with Crippen LogP contribution in [0.5, 0.6) is 0 Å². The van der Waals surface area contributed by atoms with E-state index in [0.29, 0.717) is 12.2 Å². The first-order chi connectivity index (χ1) is 6.18. The second-order valence-corrected chi connectivity index (χ2v) is 2.95. The fourth-order valence-electron chi connectivity index (χ4n) is 0.731. The fourth-order valence-corrected chi connectivity index (χ4v) is 0.731. The molecule has 0 aromatic heterocycles. The van der Waals surface area contributed by atoms with Gasteiger partial charge in [0.05, 0.1) is 6.61 Å². The highest BCUT2D eigenvalue weighted by molar-refractivity contribution is 5.86. The number of hydrogen-bond donors (Lipinski definition) is 0. The summed E-state index contributed by atoms with van der Waals surface area (Å²) in [5.74, 6) is -0.393. The highest BCUT2D eigenvalue weighted by atomic mass is 16.7. The van der Waals surface area contributed by atoms with Gasteiger partial charge in [0.25, 0.3) is 0 Å². The van der Waals surface area contributed by atoms with Crippen LogP contribution in [-0.2, 0) is 14.3 Å². The predicted molar refractivity (Wildman–Crippen MR) is 51.3 cm³/mol. The van der Waals surface area contributed by atoms with E-state index in [9.17, 15) is 4.79 Å². The molecule has 0 radical (unpaired) electrons. The molecule has 76 valence electrons. The molecule has 0 saturated carbocycles. The van der Waals surface area contributed by atoms with Crippen LogP contribution >= 0.6 is 0 Å². The zero-order chi connectivity index (χ0) is 10.1. The number of carbonyl (C=O) groups is 1. The first kappa shape index (κ1) is 12.2. The van der Waals surface area contributed by atoms with Crippen molar-refractivity contribution in [2.24, 2.45) is 0 Å². The average molecular weight is 186 g/mol. The minimum absolute atomic E-state index is 0.0371. The van der Waals surface area contributed by atoms with E-state index in [4.69, 9.17) is 9.47 Å². The monoisotopic (exact) mass is 186 g/mol. The minimum Gasteiger partial charge on any atom is -0.435 e. The van der Waals surface area contributed by atoms with Crippen molar-refractivity contribution in [2.45, 2.75) is 33.1 Å². The van der Waals surface area contributed by atoms with E-state index in [0.717, 1.165) is 19.3 Å². The average Bonchev–Trinajstić information content (AvgIpc) is 2.10. The Labute approximate surface area is 79.7 Å². The topological polar surface area (TPSA) is 35.5 Å². The molecule has 0 bridgehead atoms. The van der Waals surface area contributed by atoms with E-state index in [1.54, 1.807) is 6.92 Å². The van der Waals surface area contributed by atoms with Gasteiger partial charge in [-0.25, -0.2) is 4.79 Å². The lowest BCUT2D eigenvalue weighted by Gasteiger charge is -2.04. The van der Waals surface area contributed by atoms with Crippen molar-refractivity contribution in [1.29, 1.82) is 0 Å². The number of rotatable bonds is 7. The molecule has 0 aliphatic rings. The van der Waals surface area contributed by atoms with Gasteiger partial charge < -0.3 is 9.47 Å². The van der Waals surface area contributed by atoms with Crippen LogP contribution in [0.2, 0.25) is 0 Å². The zero-order valence-corrected chi connectivity index (χ0v) is 8.47. The van der Waals surface area contributed by atoms with Gasteiger partial charge in [-0.05, 0) is 13.3 Å². The van der Waals surface area contributed by atoms with Gasteiger partial charge in [0, 0.05) is 5.57 Å². The number of esters is 1. The smallest absolute Gasteiger partial charge is 0.335 e. The Morgan fingerprint density at radius 2 is 2.08 bits per heavy atom. The van der Waals surface area contributed by atoms with Crippen molar-refractivity contribution in [3.8, 4) is 0 Å². The summed E-state index contributed by atoms with van der Waals surface area (Å²) < 4.78 is 9.80. The Hall–Kier alpha value is -0.830. The maximum absolute atomic E-state index is 10.8.